The Balaban J connectivity index is 2.25. The summed E-state index contributed by atoms with van der Waals surface area (Å²) in [5.41, 5.74) is 0. The Morgan fingerprint density at radius 3 is 3.06 bits per heavy atom. The summed E-state index contributed by atoms with van der Waals surface area (Å²) in [5.74, 6) is 3.05. The van der Waals surface area contributed by atoms with Crippen molar-refractivity contribution in [3.8, 4) is 0 Å². The second-order valence-electron chi connectivity index (χ2n) is 4.82. The molecule has 94 valence electrons. The first-order valence-corrected chi connectivity index (χ1v) is 7.54. The van der Waals surface area contributed by atoms with Gasteiger partial charge in [-0.2, -0.15) is 11.8 Å². The van der Waals surface area contributed by atoms with E-state index in [0.717, 1.165) is 11.7 Å². The van der Waals surface area contributed by atoms with Gasteiger partial charge in [-0.3, -0.25) is 0 Å². The molecule has 0 aromatic carbocycles. The summed E-state index contributed by atoms with van der Waals surface area (Å²) in [4.78, 5) is 2.61. The van der Waals surface area contributed by atoms with Crippen molar-refractivity contribution >= 4 is 11.8 Å². The van der Waals surface area contributed by atoms with Crippen LogP contribution in [0.4, 0.5) is 0 Å². The molecule has 16 heavy (non-hydrogen) atoms. The molecule has 1 N–H and O–H groups in total. The Hall–Kier alpha value is 0.01000. The molecule has 1 saturated heterocycles. The van der Waals surface area contributed by atoms with Gasteiger partial charge in [-0.1, -0.05) is 19.9 Å². The minimum atomic E-state index is 0.673. The van der Waals surface area contributed by atoms with Crippen LogP contribution in [-0.2, 0) is 0 Å². The van der Waals surface area contributed by atoms with Gasteiger partial charge in [0.25, 0.3) is 0 Å². The number of hydrogen-bond acceptors (Lipinski definition) is 3. The molecular weight excluding hydrogens is 216 g/mol. The first-order chi connectivity index (χ1) is 7.74. The van der Waals surface area contributed by atoms with Crippen LogP contribution in [0.15, 0.2) is 12.7 Å². The van der Waals surface area contributed by atoms with E-state index in [-0.39, 0.29) is 0 Å². The molecular formula is C13H26N2S. The van der Waals surface area contributed by atoms with E-state index < -0.39 is 0 Å². The molecule has 2 nitrogen and oxygen atoms in total. The molecule has 1 aliphatic rings. The maximum absolute atomic E-state index is 3.75. The van der Waals surface area contributed by atoms with Crippen LogP contribution in [0.1, 0.15) is 20.3 Å². The molecule has 1 fully saturated rings. The van der Waals surface area contributed by atoms with Crippen molar-refractivity contribution < 1.29 is 0 Å². The summed E-state index contributed by atoms with van der Waals surface area (Å²) in [7, 11) is 0. The molecule has 0 saturated carbocycles. The van der Waals surface area contributed by atoms with Crippen molar-refractivity contribution in [1.29, 1.82) is 0 Å². The lowest BCUT2D eigenvalue weighted by Gasteiger charge is -2.26. The van der Waals surface area contributed by atoms with Crippen molar-refractivity contribution in [3.63, 3.8) is 0 Å². The highest BCUT2D eigenvalue weighted by Crippen LogP contribution is 2.09. The van der Waals surface area contributed by atoms with Crippen LogP contribution in [0.2, 0.25) is 0 Å². The van der Waals surface area contributed by atoms with Crippen LogP contribution in [0, 0.1) is 5.92 Å². The van der Waals surface area contributed by atoms with Gasteiger partial charge in [-0.25, -0.2) is 0 Å². The Morgan fingerprint density at radius 2 is 2.38 bits per heavy atom. The standard InChI is InChI=1S/C13H26N2S/c1-4-9-16-10-8-15-7-5-6-14-13(11-15)12(2)3/h4,12-14H,1,5-11H2,2-3H3. The lowest BCUT2D eigenvalue weighted by Crippen LogP contribution is -2.41. The number of nitrogens with one attached hydrogen (secondary N) is 1. The number of thioether (sulfide) groups is 1. The summed E-state index contributed by atoms with van der Waals surface area (Å²) in [6, 6.07) is 0.673. The van der Waals surface area contributed by atoms with Gasteiger partial charge in [0.05, 0.1) is 0 Å². The second-order valence-corrected chi connectivity index (χ2v) is 5.97. The van der Waals surface area contributed by atoms with E-state index in [9.17, 15) is 0 Å². The van der Waals surface area contributed by atoms with Crippen LogP contribution in [0.3, 0.4) is 0 Å². The molecule has 0 radical (unpaired) electrons. The largest absolute Gasteiger partial charge is 0.312 e. The third-order valence-electron chi connectivity index (χ3n) is 3.10. The van der Waals surface area contributed by atoms with Gasteiger partial charge in [0, 0.05) is 30.6 Å². The van der Waals surface area contributed by atoms with Gasteiger partial charge in [-0.15, -0.1) is 6.58 Å². The van der Waals surface area contributed by atoms with E-state index in [1.807, 2.05) is 17.8 Å². The van der Waals surface area contributed by atoms with Gasteiger partial charge in [-0.05, 0) is 25.4 Å². The van der Waals surface area contributed by atoms with Crippen LogP contribution < -0.4 is 5.32 Å². The van der Waals surface area contributed by atoms with Crippen molar-refractivity contribution in [2.24, 2.45) is 5.92 Å². The first kappa shape index (κ1) is 14.1. The maximum atomic E-state index is 3.75. The fraction of sp³-hybridized carbons (Fsp3) is 0.846. The highest BCUT2D eigenvalue weighted by molar-refractivity contribution is 7.99. The lowest BCUT2D eigenvalue weighted by atomic mass is 10.0. The molecule has 1 rings (SSSR count). The van der Waals surface area contributed by atoms with E-state index >= 15 is 0 Å². The fourth-order valence-electron chi connectivity index (χ4n) is 2.03. The van der Waals surface area contributed by atoms with E-state index in [0.29, 0.717) is 6.04 Å². The third-order valence-corrected chi connectivity index (χ3v) is 4.05. The molecule has 0 aromatic rings. The molecule has 0 aromatic heterocycles. The first-order valence-electron chi connectivity index (χ1n) is 6.38. The van der Waals surface area contributed by atoms with Crippen LogP contribution >= 0.6 is 11.8 Å². The molecule has 3 heteroatoms. The topological polar surface area (TPSA) is 15.3 Å². The molecule has 1 unspecified atom stereocenters. The third kappa shape index (κ3) is 5.37. The summed E-state index contributed by atoms with van der Waals surface area (Å²) in [5, 5.41) is 3.65. The minimum Gasteiger partial charge on any atom is -0.312 e. The van der Waals surface area contributed by atoms with Gasteiger partial charge in [0.2, 0.25) is 0 Å². The predicted molar refractivity (Wildman–Crippen MR) is 75.2 cm³/mol. The molecule has 0 bridgehead atoms. The highest BCUT2D eigenvalue weighted by atomic mass is 32.2. The van der Waals surface area contributed by atoms with Crippen molar-refractivity contribution in [2.45, 2.75) is 26.3 Å². The number of rotatable bonds is 6. The zero-order valence-corrected chi connectivity index (χ0v) is 11.6. The Labute approximate surface area is 105 Å². The van der Waals surface area contributed by atoms with E-state index in [4.69, 9.17) is 0 Å². The van der Waals surface area contributed by atoms with Crippen LogP contribution in [-0.4, -0.2) is 48.6 Å². The highest BCUT2D eigenvalue weighted by Gasteiger charge is 2.19. The minimum absolute atomic E-state index is 0.673. The van der Waals surface area contributed by atoms with E-state index in [1.165, 1.54) is 38.4 Å². The molecule has 0 spiro atoms. The molecule has 0 amide bonds. The Bertz CT molecular complexity index is 194. The van der Waals surface area contributed by atoms with Gasteiger partial charge >= 0.3 is 0 Å². The zero-order valence-electron chi connectivity index (χ0n) is 10.7. The molecule has 0 aliphatic carbocycles. The number of hydrogen-bond donors (Lipinski definition) is 1. The Morgan fingerprint density at radius 1 is 1.56 bits per heavy atom. The Kier molecular flexibility index (Phi) is 7.17. The van der Waals surface area contributed by atoms with Crippen molar-refractivity contribution in [3.05, 3.63) is 12.7 Å². The average Bonchev–Trinajstić information content (AvgIpc) is 2.50. The lowest BCUT2D eigenvalue weighted by molar-refractivity contribution is 0.258. The maximum Gasteiger partial charge on any atom is 0.0217 e. The van der Waals surface area contributed by atoms with Crippen molar-refractivity contribution in [1.82, 2.24) is 10.2 Å². The smallest absolute Gasteiger partial charge is 0.0217 e. The van der Waals surface area contributed by atoms with Crippen LogP contribution in [0.5, 0.6) is 0 Å². The predicted octanol–water partition coefficient (Wildman–Crippen LogP) is 2.23. The van der Waals surface area contributed by atoms with Crippen LogP contribution in [0.25, 0.3) is 0 Å². The molecule has 1 atom stereocenters. The molecule has 1 heterocycles. The van der Waals surface area contributed by atoms with Gasteiger partial charge in [0.1, 0.15) is 0 Å². The summed E-state index contributed by atoms with van der Waals surface area (Å²) in [6.07, 6.45) is 3.28. The summed E-state index contributed by atoms with van der Waals surface area (Å²) < 4.78 is 0. The normalized spacial score (nSPS) is 23.3. The van der Waals surface area contributed by atoms with Gasteiger partial charge in [0.15, 0.2) is 0 Å². The monoisotopic (exact) mass is 242 g/mol. The quantitative estimate of drug-likeness (QED) is 0.568. The van der Waals surface area contributed by atoms with Crippen molar-refractivity contribution in [2.75, 3.05) is 37.7 Å². The van der Waals surface area contributed by atoms with Gasteiger partial charge < -0.3 is 10.2 Å². The van der Waals surface area contributed by atoms with E-state index in [2.05, 4.69) is 30.6 Å². The fourth-order valence-corrected chi connectivity index (χ4v) is 2.75. The summed E-state index contributed by atoms with van der Waals surface area (Å²) in [6.45, 7) is 13.3. The second kappa shape index (κ2) is 8.15. The molecule has 1 aliphatic heterocycles. The number of nitrogens with zero attached hydrogens (tertiary/aromatic N) is 1. The van der Waals surface area contributed by atoms with E-state index in [1.54, 1.807) is 0 Å². The SMILES string of the molecule is C=CCSCCN1CCCNC(C(C)C)C1. The summed E-state index contributed by atoms with van der Waals surface area (Å²) >= 11 is 1.98. The average molecular weight is 242 g/mol. The zero-order chi connectivity index (χ0) is 11.8.